The highest BCUT2D eigenvalue weighted by Gasteiger charge is 2.26. The maximum absolute atomic E-state index is 12.4. The minimum atomic E-state index is -3.58. The van der Waals surface area contributed by atoms with Gasteiger partial charge in [0.25, 0.3) is 0 Å². The van der Waals surface area contributed by atoms with E-state index in [0.717, 1.165) is 18.4 Å². The highest BCUT2D eigenvalue weighted by atomic mass is 32.2. The lowest BCUT2D eigenvalue weighted by Crippen LogP contribution is -2.21. The van der Waals surface area contributed by atoms with Crippen LogP contribution in [0.4, 0.5) is 0 Å². The van der Waals surface area contributed by atoms with Crippen molar-refractivity contribution in [1.29, 1.82) is 0 Å². The van der Waals surface area contributed by atoms with Crippen LogP contribution in [0.3, 0.4) is 0 Å². The quantitative estimate of drug-likeness (QED) is 0.261. The largest absolute Gasteiger partial charge is 0.474 e. The van der Waals surface area contributed by atoms with Gasteiger partial charge < -0.3 is 4.74 Å². The summed E-state index contributed by atoms with van der Waals surface area (Å²) in [5, 5.41) is -0.218. The number of thioether (sulfide) groups is 1. The standard InChI is InChI=1S/C20H33O6PS/c1-4-5-6-10-15-25-16-19(17-26-27(22,23-2)24-3)28-20(21)14-13-18-11-8-7-9-12-18/h7-9,11-12,19H,4-6,10,13-17H2,1-3H3/t19-/m1/s1. The maximum Gasteiger partial charge on any atom is 0.474 e. The van der Waals surface area contributed by atoms with Crippen LogP contribution in [0.1, 0.15) is 44.6 Å². The van der Waals surface area contributed by atoms with E-state index >= 15 is 0 Å². The Bertz CT molecular complexity index is 575. The summed E-state index contributed by atoms with van der Waals surface area (Å²) >= 11 is 1.17. The lowest BCUT2D eigenvalue weighted by molar-refractivity contribution is -0.111. The van der Waals surface area contributed by atoms with Crippen molar-refractivity contribution in [2.24, 2.45) is 0 Å². The summed E-state index contributed by atoms with van der Waals surface area (Å²) < 4.78 is 32.7. The molecule has 1 rings (SSSR count). The third-order valence-corrected chi connectivity index (χ3v) is 6.50. The average molecular weight is 433 g/mol. The van der Waals surface area contributed by atoms with Crippen molar-refractivity contribution < 1.29 is 27.7 Å². The van der Waals surface area contributed by atoms with Crippen molar-refractivity contribution in [2.75, 3.05) is 34.0 Å². The van der Waals surface area contributed by atoms with Gasteiger partial charge in [-0.2, -0.15) is 0 Å². The Kier molecular flexibility index (Phi) is 13.8. The number of unbranched alkanes of at least 4 members (excludes halogenated alkanes) is 3. The third-order valence-electron chi connectivity index (χ3n) is 4.07. The number of phosphoric ester groups is 1. The lowest BCUT2D eigenvalue weighted by atomic mass is 10.1. The number of rotatable bonds is 16. The monoisotopic (exact) mass is 432 g/mol. The fourth-order valence-corrected chi connectivity index (χ4v) is 4.17. The van der Waals surface area contributed by atoms with Crippen LogP contribution in [-0.4, -0.2) is 44.4 Å². The number of phosphoric acid groups is 1. The van der Waals surface area contributed by atoms with Crippen molar-refractivity contribution in [3.63, 3.8) is 0 Å². The summed E-state index contributed by atoms with van der Waals surface area (Å²) in [6, 6.07) is 9.89. The minimum absolute atomic E-state index is 0.0513. The summed E-state index contributed by atoms with van der Waals surface area (Å²) in [6.45, 7) is 3.20. The number of carbonyl (C=O) groups excluding carboxylic acids is 1. The number of carbonyl (C=O) groups is 1. The van der Waals surface area contributed by atoms with E-state index in [1.165, 1.54) is 38.8 Å². The van der Waals surface area contributed by atoms with Gasteiger partial charge in [-0.3, -0.25) is 18.4 Å². The first kappa shape index (κ1) is 25.3. The van der Waals surface area contributed by atoms with Crippen LogP contribution in [0.5, 0.6) is 0 Å². The molecule has 0 aromatic heterocycles. The molecular formula is C20H33O6PS. The van der Waals surface area contributed by atoms with Crippen LogP contribution < -0.4 is 0 Å². The van der Waals surface area contributed by atoms with Crippen LogP contribution in [0, 0.1) is 0 Å². The Morgan fingerprint density at radius 2 is 1.79 bits per heavy atom. The molecule has 28 heavy (non-hydrogen) atoms. The van der Waals surface area contributed by atoms with E-state index in [-0.39, 0.29) is 17.0 Å². The second kappa shape index (κ2) is 15.2. The molecule has 0 heterocycles. The molecule has 1 atom stereocenters. The zero-order chi connectivity index (χ0) is 20.7. The first-order chi connectivity index (χ1) is 13.5. The number of ether oxygens (including phenoxy) is 1. The molecule has 0 N–H and O–H groups in total. The van der Waals surface area contributed by atoms with Gasteiger partial charge in [-0.25, -0.2) is 4.57 Å². The van der Waals surface area contributed by atoms with Gasteiger partial charge in [0.05, 0.1) is 18.5 Å². The molecule has 0 radical (unpaired) electrons. The van der Waals surface area contributed by atoms with Gasteiger partial charge in [-0.15, -0.1) is 0 Å². The van der Waals surface area contributed by atoms with Gasteiger partial charge in [0.2, 0.25) is 0 Å². The molecule has 0 aliphatic rings. The zero-order valence-corrected chi connectivity index (χ0v) is 18.8. The Morgan fingerprint density at radius 1 is 1.07 bits per heavy atom. The normalized spacial score (nSPS) is 12.8. The summed E-state index contributed by atoms with van der Waals surface area (Å²) in [5.74, 6) is 0. The molecule has 0 unspecified atom stereocenters. The topological polar surface area (TPSA) is 71.1 Å². The Morgan fingerprint density at radius 3 is 2.43 bits per heavy atom. The maximum atomic E-state index is 12.4. The van der Waals surface area contributed by atoms with Crippen LogP contribution >= 0.6 is 19.6 Å². The summed E-state index contributed by atoms with van der Waals surface area (Å²) in [7, 11) is -1.04. The van der Waals surface area contributed by atoms with E-state index in [1.54, 1.807) is 0 Å². The second-order valence-electron chi connectivity index (χ2n) is 6.34. The molecule has 8 heteroatoms. The van der Waals surface area contributed by atoms with E-state index in [2.05, 4.69) is 6.92 Å². The first-order valence-electron chi connectivity index (χ1n) is 9.70. The average Bonchev–Trinajstić information content (AvgIpc) is 2.73. The molecule has 0 fully saturated rings. The van der Waals surface area contributed by atoms with Crippen molar-refractivity contribution in [3.05, 3.63) is 35.9 Å². The first-order valence-corrected chi connectivity index (χ1v) is 12.0. The molecular weight excluding hydrogens is 399 g/mol. The van der Waals surface area contributed by atoms with E-state index < -0.39 is 7.82 Å². The molecule has 0 saturated heterocycles. The zero-order valence-electron chi connectivity index (χ0n) is 17.1. The van der Waals surface area contributed by atoms with Gasteiger partial charge in [-0.05, 0) is 18.4 Å². The van der Waals surface area contributed by atoms with Gasteiger partial charge in [0.15, 0.2) is 5.12 Å². The summed E-state index contributed by atoms with van der Waals surface area (Å²) in [4.78, 5) is 12.4. The molecule has 0 aliphatic carbocycles. The third kappa shape index (κ3) is 11.3. The molecule has 0 saturated carbocycles. The number of hydrogen-bond acceptors (Lipinski definition) is 7. The van der Waals surface area contributed by atoms with Crippen LogP contribution in [0.15, 0.2) is 30.3 Å². The van der Waals surface area contributed by atoms with Gasteiger partial charge in [0.1, 0.15) is 0 Å². The number of benzene rings is 1. The van der Waals surface area contributed by atoms with Crippen LogP contribution in [0.25, 0.3) is 0 Å². The molecule has 0 spiro atoms. The highest BCUT2D eigenvalue weighted by Crippen LogP contribution is 2.47. The molecule has 1 aromatic carbocycles. The number of aryl methyl sites for hydroxylation is 1. The second-order valence-corrected chi connectivity index (χ2v) is 9.58. The fraction of sp³-hybridized carbons (Fsp3) is 0.650. The molecule has 1 aromatic rings. The molecule has 6 nitrogen and oxygen atoms in total. The smallest absolute Gasteiger partial charge is 0.380 e. The predicted molar refractivity (Wildman–Crippen MR) is 114 cm³/mol. The molecule has 160 valence electrons. The Balaban J connectivity index is 2.47. The van der Waals surface area contributed by atoms with Crippen molar-refractivity contribution in [2.45, 2.75) is 50.7 Å². The van der Waals surface area contributed by atoms with Crippen LogP contribution in [-0.2, 0) is 34.1 Å². The van der Waals surface area contributed by atoms with Gasteiger partial charge >= 0.3 is 7.82 Å². The van der Waals surface area contributed by atoms with E-state index in [1.807, 2.05) is 30.3 Å². The highest BCUT2D eigenvalue weighted by molar-refractivity contribution is 8.14. The SMILES string of the molecule is CCCCCCOC[C@H](COP(=O)(OC)OC)SC(=O)CCc1ccccc1. The number of hydrogen-bond donors (Lipinski definition) is 0. The van der Waals surface area contributed by atoms with Gasteiger partial charge in [0, 0.05) is 27.2 Å². The predicted octanol–water partition coefficient (Wildman–Crippen LogP) is 5.26. The molecule has 0 bridgehead atoms. The Hall–Kier alpha value is -0.690. The van der Waals surface area contributed by atoms with Crippen molar-refractivity contribution in [3.8, 4) is 0 Å². The molecule has 0 aliphatic heterocycles. The van der Waals surface area contributed by atoms with Gasteiger partial charge in [-0.1, -0.05) is 68.3 Å². The van der Waals surface area contributed by atoms with E-state index in [9.17, 15) is 9.36 Å². The molecule has 0 amide bonds. The van der Waals surface area contributed by atoms with Crippen molar-refractivity contribution >= 4 is 24.7 Å². The Labute approximate surface area is 173 Å². The minimum Gasteiger partial charge on any atom is -0.380 e. The van der Waals surface area contributed by atoms with E-state index in [0.29, 0.717) is 26.1 Å². The summed E-state index contributed by atoms with van der Waals surface area (Å²) in [5.41, 5.74) is 1.12. The van der Waals surface area contributed by atoms with Crippen LogP contribution in [0.2, 0.25) is 0 Å². The van der Waals surface area contributed by atoms with E-state index in [4.69, 9.17) is 18.3 Å². The fourth-order valence-electron chi connectivity index (χ4n) is 2.45. The summed E-state index contributed by atoms with van der Waals surface area (Å²) in [6.07, 6.45) is 5.59. The van der Waals surface area contributed by atoms with Crippen molar-refractivity contribution in [1.82, 2.24) is 0 Å². The lowest BCUT2D eigenvalue weighted by Gasteiger charge is -2.19.